The number of ether oxygens (including phenoxy) is 2. The molecule has 0 atom stereocenters. The highest BCUT2D eigenvalue weighted by atomic mass is 16.5. The van der Waals surface area contributed by atoms with Crippen LogP contribution in [0.1, 0.15) is 5.56 Å². The minimum Gasteiger partial charge on any atom is -0.497 e. The number of methoxy groups -OCH3 is 1. The van der Waals surface area contributed by atoms with E-state index < -0.39 is 0 Å². The lowest BCUT2D eigenvalue weighted by Gasteiger charge is -2.26. The first-order valence-corrected chi connectivity index (χ1v) is 8.56. The number of hydrogen-bond acceptors (Lipinski definition) is 6. The number of benzene rings is 1. The molecule has 3 aromatic rings. The van der Waals surface area contributed by atoms with E-state index in [-0.39, 0.29) is 5.56 Å². The van der Waals surface area contributed by atoms with Gasteiger partial charge >= 0.3 is 0 Å². The van der Waals surface area contributed by atoms with Crippen LogP contribution in [0.2, 0.25) is 0 Å². The third-order valence-electron chi connectivity index (χ3n) is 4.52. The molecule has 7 heteroatoms. The molecule has 1 aliphatic rings. The van der Waals surface area contributed by atoms with E-state index in [4.69, 9.17) is 9.47 Å². The van der Waals surface area contributed by atoms with Crippen LogP contribution in [-0.2, 0) is 11.3 Å². The van der Waals surface area contributed by atoms with Crippen LogP contribution >= 0.6 is 0 Å². The van der Waals surface area contributed by atoms with Gasteiger partial charge < -0.3 is 18.9 Å². The fourth-order valence-electron chi connectivity index (χ4n) is 3.03. The van der Waals surface area contributed by atoms with Crippen molar-refractivity contribution in [3.8, 4) is 5.75 Å². The topological polar surface area (TPSA) is 69.5 Å². The van der Waals surface area contributed by atoms with E-state index in [9.17, 15) is 4.79 Å². The quantitative estimate of drug-likeness (QED) is 0.712. The first-order valence-electron chi connectivity index (χ1n) is 8.56. The highest BCUT2D eigenvalue weighted by molar-refractivity contribution is 5.77. The summed E-state index contributed by atoms with van der Waals surface area (Å²) in [5, 5.41) is 0.526. The lowest BCUT2D eigenvalue weighted by atomic mass is 10.2. The Balaban J connectivity index is 1.62. The van der Waals surface area contributed by atoms with Crippen molar-refractivity contribution in [2.45, 2.75) is 6.54 Å². The van der Waals surface area contributed by atoms with E-state index in [0.29, 0.717) is 36.6 Å². The molecule has 26 heavy (non-hydrogen) atoms. The maximum absolute atomic E-state index is 12.8. The molecular weight excluding hydrogens is 332 g/mol. The normalized spacial score (nSPS) is 14.6. The van der Waals surface area contributed by atoms with Gasteiger partial charge in [-0.2, -0.15) is 0 Å². The van der Waals surface area contributed by atoms with Gasteiger partial charge in [-0.3, -0.25) is 4.79 Å². The van der Waals surface area contributed by atoms with Gasteiger partial charge in [0.2, 0.25) is 5.95 Å². The average Bonchev–Trinajstić information content (AvgIpc) is 2.71. The molecule has 0 unspecified atom stereocenters. The summed E-state index contributed by atoms with van der Waals surface area (Å²) in [7, 11) is 1.63. The van der Waals surface area contributed by atoms with Crippen LogP contribution in [0.3, 0.4) is 0 Å². The molecule has 134 valence electrons. The molecule has 0 aliphatic carbocycles. The van der Waals surface area contributed by atoms with Crippen molar-refractivity contribution < 1.29 is 9.47 Å². The van der Waals surface area contributed by atoms with Gasteiger partial charge in [0, 0.05) is 25.5 Å². The van der Waals surface area contributed by atoms with E-state index in [2.05, 4.69) is 14.9 Å². The average molecular weight is 352 g/mol. The summed E-state index contributed by atoms with van der Waals surface area (Å²) in [6.45, 7) is 3.36. The van der Waals surface area contributed by atoms with Crippen molar-refractivity contribution >= 4 is 16.9 Å². The summed E-state index contributed by atoms with van der Waals surface area (Å²) in [4.78, 5) is 23.8. The molecule has 7 nitrogen and oxygen atoms in total. The van der Waals surface area contributed by atoms with Gasteiger partial charge in [0.05, 0.1) is 37.8 Å². The van der Waals surface area contributed by atoms with Crippen molar-refractivity contribution in [3.05, 3.63) is 58.6 Å². The molecule has 1 aliphatic heterocycles. The number of anilines is 1. The summed E-state index contributed by atoms with van der Waals surface area (Å²) >= 11 is 0. The highest BCUT2D eigenvalue weighted by Gasteiger charge is 2.15. The Morgan fingerprint density at radius 1 is 1.15 bits per heavy atom. The predicted molar refractivity (Wildman–Crippen MR) is 98.9 cm³/mol. The second-order valence-electron chi connectivity index (χ2n) is 6.17. The van der Waals surface area contributed by atoms with Crippen LogP contribution < -0.4 is 15.2 Å². The molecule has 1 fully saturated rings. The fourth-order valence-corrected chi connectivity index (χ4v) is 3.03. The van der Waals surface area contributed by atoms with E-state index in [1.807, 2.05) is 30.3 Å². The van der Waals surface area contributed by atoms with Crippen LogP contribution in [-0.4, -0.2) is 47.9 Å². The van der Waals surface area contributed by atoms with Gasteiger partial charge in [-0.15, -0.1) is 0 Å². The third kappa shape index (κ3) is 3.25. The van der Waals surface area contributed by atoms with E-state index in [0.717, 1.165) is 24.4 Å². The zero-order valence-corrected chi connectivity index (χ0v) is 14.6. The number of nitrogens with zero attached hydrogens (tertiary/aromatic N) is 4. The van der Waals surface area contributed by atoms with Gasteiger partial charge in [-0.25, -0.2) is 9.97 Å². The zero-order chi connectivity index (χ0) is 17.9. The van der Waals surface area contributed by atoms with Gasteiger partial charge in [-0.1, -0.05) is 12.1 Å². The molecule has 2 aromatic heterocycles. The number of aromatic nitrogens is 3. The molecule has 0 radical (unpaired) electrons. The molecular formula is C19H20N4O3. The smallest absolute Gasteiger partial charge is 0.261 e. The lowest BCUT2D eigenvalue weighted by molar-refractivity contribution is 0.122. The molecule has 0 spiro atoms. The number of hydrogen-bond donors (Lipinski definition) is 0. The Kier molecular flexibility index (Phi) is 4.53. The Morgan fingerprint density at radius 3 is 2.65 bits per heavy atom. The van der Waals surface area contributed by atoms with Crippen LogP contribution in [0.25, 0.3) is 10.9 Å². The Labute approximate surface area is 150 Å². The van der Waals surface area contributed by atoms with Crippen LogP contribution in [0.5, 0.6) is 5.75 Å². The molecule has 4 rings (SSSR count). The molecule has 0 saturated carbocycles. The number of morpholine rings is 1. The van der Waals surface area contributed by atoms with Gasteiger partial charge in [0.15, 0.2) is 0 Å². The molecule has 0 bridgehead atoms. The van der Waals surface area contributed by atoms with E-state index in [1.54, 1.807) is 24.1 Å². The van der Waals surface area contributed by atoms with Crippen molar-refractivity contribution in [2.75, 3.05) is 38.3 Å². The number of pyridine rings is 1. The summed E-state index contributed by atoms with van der Waals surface area (Å²) in [5.41, 5.74) is 1.60. The molecule has 3 heterocycles. The summed E-state index contributed by atoms with van der Waals surface area (Å²) in [6, 6.07) is 9.55. The van der Waals surface area contributed by atoms with Crippen molar-refractivity contribution in [1.82, 2.24) is 14.5 Å². The van der Waals surface area contributed by atoms with E-state index in [1.165, 1.54) is 0 Å². The second-order valence-corrected chi connectivity index (χ2v) is 6.17. The fraction of sp³-hybridized carbons (Fsp3) is 0.316. The standard InChI is InChI=1S/C19H20N4O3/c1-25-15-4-2-14(3-5-15)13-23-7-6-17-16(18(23)24)12-20-19(21-17)22-8-10-26-11-9-22/h2-7,12H,8-11,13H2,1H3. The van der Waals surface area contributed by atoms with Gasteiger partial charge in [0.25, 0.3) is 5.56 Å². The van der Waals surface area contributed by atoms with Gasteiger partial charge in [-0.05, 0) is 23.8 Å². The monoisotopic (exact) mass is 352 g/mol. The molecule has 1 aromatic carbocycles. The summed E-state index contributed by atoms with van der Waals surface area (Å²) in [6.07, 6.45) is 3.41. The Morgan fingerprint density at radius 2 is 1.92 bits per heavy atom. The van der Waals surface area contributed by atoms with Crippen LogP contribution in [0.15, 0.2) is 47.5 Å². The number of rotatable bonds is 4. The number of fused-ring (bicyclic) bond motifs is 1. The Bertz CT molecular complexity index is 963. The molecule has 0 N–H and O–H groups in total. The van der Waals surface area contributed by atoms with E-state index >= 15 is 0 Å². The minimum atomic E-state index is -0.0909. The highest BCUT2D eigenvalue weighted by Crippen LogP contribution is 2.15. The maximum Gasteiger partial charge on any atom is 0.261 e. The zero-order valence-electron chi connectivity index (χ0n) is 14.6. The second kappa shape index (κ2) is 7.13. The van der Waals surface area contributed by atoms with Crippen LogP contribution in [0, 0.1) is 0 Å². The Hall–Kier alpha value is -2.93. The van der Waals surface area contributed by atoms with Crippen molar-refractivity contribution in [2.24, 2.45) is 0 Å². The maximum atomic E-state index is 12.8. The first kappa shape index (κ1) is 16.5. The van der Waals surface area contributed by atoms with Crippen LogP contribution in [0.4, 0.5) is 5.95 Å². The molecule has 0 amide bonds. The third-order valence-corrected chi connectivity index (χ3v) is 4.52. The SMILES string of the molecule is COc1ccc(Cn2ccc3nc(N4CCOCC4)ncc3c2=O)cc1. The largest absolute Gasteiger partial charge is 0.497 e. The van der Waals surface area contributed by atoms with Crippen molar-refractivity contribution in [3.63, 3.8) is 0 Å². The van der Waals surface area contributed by atoms with Crippen molar-refractivity contribution in [1.29, 1.82) is 0 Å². The lowest BCUT2D eigenvalue weighted by Crippen LogP contribution is -2.37. The molecule has 1 saturated heterocycles. The summed E-state index contributed by atoms with van der Waals surface area (Å²) < 4.78 is 12.2. The first-order chi connectivity index (χ1) is 12.7. The predicted octanol–water partition coefficient (Wildman–Crippen LogP) is 1.69. The minimum absolute atomic E-state index is 0.0909. The van der Waals surface area contributed by atoms with Gasteiger partial charge in [0.1, 0.15) is 5.75 Å². The summed E-state index contributed by atoms with van der Waals surface area (Å²) in [5.74, 6) is 1.44.